The average molecular weight is 120 g/mol. The van der Waals surface area contributed by atoms with Gasteiger partial charge in [0, 0.05) is 0 Å². The molecular weight excluding hydrogens is 108 g/mol. The molecule has 0 aromatic carbocycles. The van der Waals surface area contributed by atoms with Crippen molar-refractivity contribution < 1.29 is 0 Å². The van der Waals surface area contributed by atoms with Gasteiger partial charge in [0.25, 0.3) is 0 Å². The Balaban J connectivity index is 2.43. The summed E-state index contributed by atoms with van der Waals surface area (Å²) in [5, 5.41) is 0. The van der Waals surface area contributed by atoms with Crippen molar-refractivity contribution >= 4 is 0 Å². The molecule has 0 spiro atoms. The number of allylic oxidation sites excluding steroid dienone is 6. The second-order valence-corrected chi connectivity index (χ2v) is 2.14. The smallest absolute Gasteiger partial charge is 0.0166 e. The van der Waals surface area contributed by atoms with E-state index in [-0.39, 0.29) is 0 Å². The first-order valence-corrected chi connectivity index (χ1v) is 3.47. The van der Waals surface area contributed by atoms with E-state index < -0.39 is 0 Å². The molecule has 1 aliphatic rings. The molecule has 0 fully saturated rings. The minimum Gasteiger partial charge on any atom is -0.0879 e. The predicted molar refractivity (Wildman–Crippen MR) is 41.3 cm³/mol. The minimum absolute atomic E-state index is 1.09. The van der Waals surface area contributed by atoms with E-state index in [1.807, 2.05) is 0 Å². The first kappa shape index (κ1) is 6.34. The van der Waals surface area contributed by atoms with Gasteiger partial charge in [0.15, 0.2) is 0 Å². The Labute approximate surface area is 56.6 Å². The van der Waals surface area contributed by atoms with E-state index >= 15 is 0 Å². The Morgan fingerprint density at radius 3 is 2.44 bits per heavy atom. The van der Waals surface area contributed by atoms with Crippen LogP contribution in [0.15, 0.2) is 36.5 Å². The largest absolute Gasteiger partial charge is 0.0879 e. The third kappa shape index (κ3) is 2.91. The van der Waals surface area contributed by atoms with Crippen LogP contribution in [0, 0.1) is 0 Å². The molecule has 0 saturated heterocycles. The van der Waals surface area contributed by atoms with E-state index in [4.69, 9.17) is 0 Å². The summed E-state index contributed by atoms with van der Waals surface area (Å²) in [6, 6.07) is 0. The Hall–Kier alpha value is -0.780. The minimum atomic E-state index is 1.09. The molecule has 0 saturated carbocycles. The quantitative estimate of drug-likeness (QED) is 0.431. The Bertz CT molecular complexity index is 138. The zero-order chi connectivity index (χ0) is 6.36. The van der Waals surface area contributed by atoms with Crippen LogP contribution < -0.4 is 0 Å². The highest BCUT2D eigenvalue weighted by molar-refractivity contribution is 5.06. The summed E-state index contributed by atoms with van der Waals surface area (Å²) in [6.07, 6.45) is 16.5. The van der Waals surface area contributed by atoms with E-state index in [0.29, 0.717) is 0 Å². The topological polar surface area (TPSA) is 0 Å². The molecule has 0 amide bonds. The van der Waals surface area contributed by atoms with E-state index in [0.717, 1.165) is 6.42 Å². The van der Waals surface area contributed by atoms with Crippen LogP contribution in [-0.2, 0) is 0 Å². The van der Waals surface area contributed by atoms with Gasteiger partial charge >= 0.3 is 0 Å². The van der Waals surface area contributed by atoms with Gasteiger partial charge in [-0.2, -0.15) is 0 Å². The molecule has 0 N–H and O–H groups in total. The van der Waals surface area contributed by atoms with Crippen LogP contribution in [0.2, 0.25) is 0 Å². The highest BCUT2D eigenvalue weighted by Gasteiger charge is 1.77. The molecular formula is C9H12. The maximum absolute atomic E-state index is 2.24. The summed E-state index contributed by atoms with van der Waals surface area (Å²) >= 11 is 0. The lowest BCUT2D eigenvalue weighted by atomic mass is 10.3. The van der Waals surface area contributed by atoms with Crippen LogP contribution in [0.4, 0.5) is 0 Å². The Morgan fingerprint density at radius 1 is 0.667 bits per heavy atom. The standard InChI is InChI=1S/C9H12/c1-2-4-6-8-9-7-5-3-1/h1-4,7,9H,5-6,8H2/b3-1?,4-2-,9-7?. The van der Waals surface area contributed by atoms with E-state index in [9.17, 15) is 0 Å². The molecule has 0 atom stereocenters. The summed E-state index contributed by atoms with van der Waals surface area (Å²) in [5.74, 6) is 0. The lowest BCUT2D eigenvalue weighted by Crippen LogP contribution is -1.61. The fraction of sp³-hybridized carbons (Fsp3) is 0.333. The second-order valence-electron chi connectivity index (χ2n) is 2.14. The molecule has 0 aromatic rings. The molecule has 0 heterocycles. The molecule has 0 heteroatoms. The fourth-order valence-corrected chi connectivity index (χ4v) is 0.817. The van der Waals surface area contributed by atoms with Gasteiger partial charge in [-0.3, -0.25) is 0 Å². The first-order valence-electron chi connectivity index (χ1n) is 3.47. The Morgan fingerprint density at radius 2 is 1.44 bits per heavy atom. The summed E-state index contributed by atoms with van der Waals surface area (Å²) < 4.78 is 0. The van der Waals surface area contributed by atoms with Crippen molar-refractivity contribution in [2.45, 2.75) is 19.3 Å². The second kappa shape index (κ2) is 4.13. The van der Waals surface area contributed by atoms with Gasteiger partial charge in [0.2, 0.25) is 0 Å². The van der Waals surface area contributed by atoms with Crippen molar-refractivity contribution in [3.05, 3.63) is 36.5 Å². The van der Waals surface area contributed by atoms with Crippen molar-refractivity contribution in [3.63, 3.8) is 0 Å². The summed E-state index contributed by atoms with van der Waals surface area (Å²) in [7, 11) is 0. The molecule has 48 valence electrons. The number of rotatable bonds is 0. The third-order valence-electron chi connectivity index (χ3n) is 1.32. The van der Waals surface area contributed by atoms with Crippen molar-refractivity contribution in [1.29, 1.82) is 0 Å². The maximum Gasteiger partial charge on any atom is -0.0166 e. The van der Waals surface area contributed by atoms with Crippen molar-refractivity contribution in [2.75, 3.05) is 0 Å². The van der Waals surface area contributed by atoms with Crippen LogP contribution in [0.1, 0.15) is 19.3 Å². The molecule has 0 aromatic heterocycles. The van der Waals surface area contributed by atoms with Crippen LogP contribution >= 0.6 is 0 Å². The van der Waals surface area contributed by atoms with E-state index in [2.05, 4.69) is 36.5 Å². The highest BCUT2D eigenvalue weighted by Crippen LogP contribution is 1.98. The third-order valence-corrected chi connectivity index (χ3v) is 1.32. The van der Waals surface area contributed by atoms with Crippen LogP contribution in [0.5, 0.6) is 0 Å². The molecule has 9 heavy (non-hydrogen) atoms. The summed E-state index contributed by atoms with van der Waals surface area (Å²) in [5.41, 5.74) is 0. The fourth-order valence-electron chi connectivity index (χ4n) is 0.817. The first-order chi connectivity index (χ1) is 4.50. The van der Waals surface area contributed by atoms with Crippen molar-refractivity contribution in [1.82, 2.24) is 0 Å². The van der Waals surface area contributed by atoms with Gasteiger partial charge in [-0.05, 0) is 19.3 Å². The average Bonchev–Trinajstić information content (AvgIpc) is 2.00. The lowest BCUT2D eigenvalue weighted by Gasteiger charge is -1.81. The van der Waals surface area contributed by atoms with Crippen molar-refractivity contribution in [3.8, 4) is 0 Å². The van der Waals surface area contributed by atoms with Crippen LogP contribution in [0.25, 0.3) is 0 Å². The zero-order valence-corrected chi connectivity index (χ0v) is 5.59. The summed E-state index contributed by atoms with van der Waals surface area (Å²) in [4.78, 5) is 0. The zero-order valence-electron chi connectivity index (χ0n) is 5.59. The van der Waals surface area contributed by atoms with Crippen LogP contribution in [0.3, 0.4) is 0 Å². The van der Waals surface area contributed by atoms with Gasteiger partial charge in [0.05, 0.1) is 0 Å². The van der Waals surface area contributed by atoms with Gasteiger partial charge < -0.3 is 0 Å². The van der Waals surface area contributed by atoms with E-state index in [1.165, 1.54) is 12.8 Å². The van der Waals surface area contributed by atoms with E-state index in [1.54, 1.807) is 0 Å². The maximum atomic E-state index is 2.24. The van der Waals surface area contributed by atoms with Gasteiger partial charge in [-0.15, -0.1) is 0 Å². The van der Waals surface area contributed by atoms with Gasteiger partial charge in [-0.25, -0.2) is 0 Å². The molecule has 0 bridgehead atoms. The molecule has 0 nitrogen and oxygen atoms in total. The normalized spacial score (nSPS) is 22.2. The lowest BCUT2D eigenvalue weighted by molar-refractivity contribution is 1.05. The molecule has 0 radical (unpaired) electrons. The van der Waals surface area contributed by atoms with Gasteiger partial charge in [-0.1, -0.05) is 36.5 Å². The summed E-state index contributed by atoms with van der Waals surface area (Å²) in [6.45, 7) is 0. The number of hydrogen-bond acceptors (Lipinski definition) is 0. The van der Waals surface area contributed by atoms with Crippen molar-refractivity contribution in [2.24, 2.45) is 0 Å². The molecule has 1 rings (SSSR count). The molecule has 1 aliphatic carbocycles. The number of hydrogen-bond donors (Lipinski definition) is 0. The monoisotopic (exact) mass is 120 g/mol. The Kier molecular flexibility index (Phi) is 2.91. The SMILES string of the molecule is C1=CCC=CCC/C=C\1. The molecule has 0 aliphatic heterocycles. The highest BCUT2D eigenvalue weighted by atomic mass is 13.8. The van der Waals surface area contributed by atoms with Crippen LogP contribution in [-0.4, -0.2) is 0 Å². The molecule has 0 unspecified atom stereocenters. The predicted octanol–water partition coefficient (Wildman–Crippen LogP) is 2.84. The van der Waals surface area contributed by atoms with Gasteiger partial charge in [0.1, 0.15) is 0 Å².